The fourth-order valence-electron chi connectivity index (χ4n) is 2.37. The SMILES string of the molecule is COc1ccccc1NC(N)=NCc1cn2c(C)cccc2n1.I. The van der Waals surface area contributed by atoms with Crippen molar-refractivity contribution in [1.29, 1.82) is 0 Å². The minimum atomic E-state index is 0. The van der Waals surface area contributed by atoms with Gasteiger partial charge in [0.2, 0.25) is 0 Å². The van der Waals surface area contributed by atoms with E-state index < -0.39 is 0 Å². The number of halogens is 1. The average Bonchev–Trinajstić information content (AvgIpc) is 2.98. The molecule has 7 heteroatoms. The number of hydrogen-bond acceptors (Lipinski definition) is 3. The lowest BCUT2D eigenvalue weighted by molar-refractivity contribution is 0.417. The molecule has 0 aliphatic heterocycles. The molecule has 6 nitrogen and oxygen atoms in total. The largest absolute Gasteiger partial charge is 0.495 e. The van der Waals surface area contributed by atoms with Crippen molar-refractivity contribution in [2.75, 3.05) is 12.4 Å². The van der Waals surface area contributed by atoms with Crippen molar-refractivity contribution >= 4 is 41.3 Å². The van der Waals surface area contributed by atoms with Crippen LogP contribution in [0.1, 0.15) is 11.4 Å². The van der Waals surface area contributed by atoms with Crippen molar-refractivity contribution in [3.63, 3.8) is 0 Å². The van der Waals surface area contributed by atoms with E-state index in [1.165, 1.54) is 0 Å². The molecule has 0 saturated carbocycles. The molecule has 126 valence electrons. The molecule has 3 rings (SSSR count). The van der Waals surface area contributed by atoms with E-state index >= 15 is 0 Å². The third-order valence-electron chi connectivity index (χ3n) is 3.53. The highest BCUT2D eigenvalue weighted by molar-refractivity contribution is 14.0. The smallest absolute Gasteiger partial charge is 0.193 e. The van der Waals surface area contributed by atoms with Gasteiger partial charge in [-0.1, -0.05) is 18.2 Å². The Kier molecular flexibility index (Phi) is 6.02. The van der Waals surface area contributed by atoms with Gasteiger partial charge in [0.1, 0.15) is 11.4 Å². The summed E-state index contributed by atoms with van der Waals surface area (Å²) in [6, 6.07) is 13.5. The molecule has 0 fully saturated rings. The summed E-state index contributed by atoms with van der Waals surface area (Å²) in [5.41, 5.74) is 9.63. The Morgan fingerprint density at radius 2 is 2.04 bits per heavy atom. The standard InChI is InChI=1S/C17H19N5O.HI/c1-12-6-5-9-16-20-13(11-22(12)16)10-19-17(18)21-14-7-3-4-8-15(14)23-2;/h3-9,11H,10H2,1-2H3,(H3,18,19,21);1H. The van der Waals surface area contributed by atoms with Crippen LogP contribution in [-0.4, -0.2) is 22.5 Å². The van der Waals surface area contributed by atoms with Crippen LogP contribution in [0.25, 0.3) is 5.65 Å². The van der Waals surface area contributed by atoms with Crippen LogP contribution in [0.15, 0.2) is 53.7 Å². The highest BCUT2D eigenvalue weighted by Crippen LogP contribution is 2.22. The molecule has 0 unspecified atom stereocenters. The van der Waals surface area contributed by atoms with Crippen LogP contribution in [0.5, 0.6) is 5.75 Å². The maximum Gasteiger partial charge on any atom is 0.193 e. The number of aromatic nitrogens is 2. The van der Waals surface area contributed by atoms with Gasteiger partial charge in [-0.25, -0.2) is 9.98 Å². The molecule has 0 radical (unpaired) electrons. The molecule has 0 amide bonds. The second-order valence-electron chi connectivity index (χ2n) is 5.15. The number of methoxy groups -OCH3 is 1. The molecule has 2 aromatic heterocycles. The number of nitrogens with two attached hydrogens (primary N) is 1. The first kappa shape index (κ1) is 18.1. The molecule has 0 bridgehead atoms. The van der Waals surface area contributed by atoms with Gasteiger partial charge in [-0.15, -0.1) is 24.0 Å². The number of benzene rings is 1. The van der Waals surface area contributed by atoms with E-state index in [4.69, 9.17) is 10.5 Å². The zero-order valence-corrected chi connectivity index (χ0v) is 15.9. The Morgan fingerprint density at radius 3 is 2.79 bits per heavy atom. The maximum atomic E-state index is 5.95. The molecule has 2 heterocycles. The summed E-state index contributed by atoms with van der Waals surface area (Å²) < 4.78 is 7.31. The van der Waals surface area contributed by atoms with Crippen molar-refractivity contribution in [3.8, 4) is 5.75 Å². The van der Waals surface area contributed by atoms with Gasteiger partial charge in [0.25, 0.3) is 0 Å². The number of nitrogens with zero attached hydrogens (tertiary/aromatic N) is 3. The van der Waals surface area contributed by atoms with Crippen molar-refractivity contribution < 1.29 is 4.74 Å². The molecule has 0 spiro atoms. The number of aryl methyl sites for hydroxylation is 1. The van der Waals surface area contributed by atoms with Crippen LogP contribution in [0.2, 0.25) is 0 Å². The first-order chi connectivity index (χ1) is 11.2. The Bertz CT molecular complexity index is 859. The number of ether oxygens (including phenoxy) is 1. The molecular weight excluding hydrogens is 417 g/mol. The highest BCUT2D eigenvalue weighted by atomic mass is 127. The molecule has 0 aliphatic carbocycles. The number of aliphatic imine (C=N–C) groups is 1. The Morgan fingerprint density at radius 1 is 1.25 bits per heavy atom. The number of hydrogen-bond donors (Lipinski definition) is 2. The third-order valence-corrected chi connectivity index (χ3v) is 3.53. The second kappa shape index (κ2) is 8.00. The maximum absolute atomic E-state index is 5.95. The normalized spacial score (nSPS) is 11.2. The van der Waals surface area contributed by atoms with Gasteiger partial charge in [0.15, 0.2) is 5.96 Å². The molecule has 0 aliphatic rings. The molecule has 3 N–H and O–H groups in total. The van der Waals surface area contributed by atoms with Crippen LogP contribution in [-0.2, 0) is 6.54 Å². The minimum Gasteiger partial charge on any atom is -0.495 e. The van der Waals surface area contributed by atoms with Crippen molar-refractivity contribution in [1.82, 2.24) is 9.38 Å². The van der Waals surface area contributed by atoms with Crippen molar-refractivity contribution in [2.24, 2.45) is 10.7 Å². The Labute approximate surface area is 157 Å². The van der Waals surface area contributed by atoms with Crippen molar-refractivity contribution in [3.05, 3.63) is 60.0 Å². The highest BCUT2D eigenvalue weighted by Gasteiger charge is 2.04. The van der Waals surface area contributed by atoms with Crippen LogP contribution >= 0.6 is 24.0 Å². The average molecular weight is 437 g/mol. The van der Waals surface area contributed by atoms with Crippen LogP contribution in [0, 0.1) is 6.92 Å². The summed E-state index contributed by atoms with van der Waals surface area (Å²) in [6.45, 7) is 2.45. The van der Waals surface area contributed by atoms with E-state index in [2.05, 4.69) is 15.3 Å². The zero-order chi connectivity index (χ0) is 16.2. The molecule has 0 saturated heterocycles. The van der Waals surface area contributed by atoms with E-state index in [0.717, 1.165) is 22.7 Å². The fraction of sp³-hybridized carbons (Fsp3) is 0.176. The van der Waals surface area contributed by atoms with E-state index in [9.17, 15) is 0 Å². The van der Waals surface area contributed by atoms with Gasteiger partial charge < -0.3 is 20.2 Å². The number of rotatable bonds is 4. The first-order valence-electron chi connectivity index (χ1n) is 7.31. The predicted molar refractivity (Wildman–Crippen MR) is 107 cm³/mol. The van der Waals surface area contributed by atoms with E-state index in [1.807, 2.05) is 60.0 Å². The molecule has 24 heavy (non-hydrogen) atoms. The number of nitrogens with one attached hydrogen (secondary N) is 1. The van der Waals surface area contributed by atoms with Crippen LogP contribution in [0.4, 0.5) is 5.69 Å². The van der Waals surface area contributed by atoms with Crippen molar-refractivity contribution in [2.45, 2.75) is 13.5 Å². The summed E-state index contributed by atoms with van der Waals surface area (Å²) >= 11 is 0. The Hall–Kier alpha value is -2.29. The minimum absolute atomic E-state index is 0. The first-order valence-corrected chi connectivity index (χ1v) is 7.31. The summed E-state index contributed by atoms with van der Waals surface area (Å²) in [5, 5.41) is 3.04. The number of guanidine groups is 1. The lowest BCUT2D eigenvalue weighted by atomic mass is 10.3. The number of para-hydroxylation sites is 2. The summed E-state index contributed by atoms with van der Waals surface area (Å²) in [4.78, 5) is 8.88. The number of pyridine rings is 1. The topological polar surface area (TPSA) is 76.9 Å². The Balaban J connectivity index is 0.00000208. The lowest BCUT2D eigenvalue weighted by Gasteiger charge is -2.09. The van der Waals surface area contributed by atoms with Crippen LogP contribution < -0.4 is 15.8 Å². The molecular formula is C17H20IN5O. The molecule has 3 aromatic rings. The van der Waals surface area contributed by atoms with Gasteiger partial charge in [0, 0.05) is 11.9 Å². The number of anilines is 1. The number of fused-ring (bicyclic) bond motifs is 1. The van der Waals surface area contributed by atoms with Crippen LogP contribution in [0.3, 0.4) is 0 Å². The quantitative estimate of drug-likeness (QED) is 0.374. The van der Waals surface area contributed by atoms with Gasteiger partial charge in [-0.05, 0) is 31.2 Å². The zero-order valence-electron chi connectivity index (χ0n) is 13.6. The summed E-state index contributed by atoms with van der Waals surface area (Å²) in [7, 11) is 1.62. The van der Waals surface area contributed by atoms with Gasteiger partial charge in [-0.2, -0.15) is 0 Å². The van der Waals surface area contributed by atoms with Gasteiger partial charge >= 0.3 is 0 Å². The summed E-state index contributed by atoms with van der Waals surface area (Å²) in [5.74, 6) is 1.04. The van der Waals surface area contributed by atoms with Gasteiger partial charge in [-0.3, -0.25) is 0 Å². The third kappa shape index (κ3) is 3.97. The molecule has 1 aromatic carbocycles. The predicted octanol–water partition coefficient (Wildman–Crippen LogP) is 3.20. The lowest BCUT2D eigenvalue weighted by Crippen LogP contribution is -2.22. The molecule has 0 atom stereocenters. The number of imidazole rings is 1. The monoisotopic (exact) mass is 437 g/mol. The van der Waals surface area contributed by atoms with E-state index in [-0.39, 0.29) is 24.0 Å². The van der Waals surface area contributed by atoms with Gasteiger partial charge in [0.05, 0.1) is 25.0 Å². The van der Waals surface area contributed by atoms with E-state index in [0.29, 0.717) is 18.3 Å². The summed E-state index contributed by atoms with van der Waals surface area (Å²) in [6.07, 6.45) is 1.98. The van der Waals surface area contributed by atoms with E-state index in [1.54, 1.807) is 7.11 Å². The second-order valence-corrected chi connectivity index (χ2v) is 5.15. The fourth-order valence-corrected chi connectivity index (χ4v) is 2.37.